The van der Waals surface area contributed by atoms with E-state index < -0.39 is 5.97 Å². The fraction of sp³-hybridized carbons (Fsp3) is 0.400. The number of fused-ring (bicyclic) bond motifs is 1. The number of rotatable bonds is 5. The first kappa shape index (κ1) is 23.8. The monoisotopic (exact) mass is 496 g/mol. The van der Waals surface area contributed by atoms with Crippen molar-refractivity contribution in [3.05, 3.63) is 82.7 Å². The molecule has 1 aliphatic carbocycles. The van der Waals surface area contributed by atoms with E-state index in [9.17, 15) is 14.7 Å². The summed E-state index contributed by atoms with van der Waals surface area (Å²) in [6.07, 6.45) is 6.77. The first-order valence-electron chi connectivity index (χ1n) is 13.1. The number of benzene rings is 2. The lowest BCUT2D eigenvalue weighted by Gasteiger charge is -2.55. The number of carbonyl (C=O) groups excluding carboxylic acids is 1. The van der Waals surface area contributed by atoms with E-state index in [0.29, 0.717) is 17.4 Å². The van der Waals surface area contributed by atoms with E-state index in [-0.39, 0.29) is 23.3 Å². The van der Waals surface area contributed by atoms with Crippen molar-refractivity contribution in [1.29, 1.82) is 0 Å². The Morgan fingerprint density at radius 2 is 1.95 bits per heavy atom. The van der Waals surface area contributed by atoms with Gasteiger partial charge in [0.25, 0.3) is 0 Å². The Bertz CT molecular complexity index is 1350. The van der Waals surface area contributed by atoms with E-state index in [1.807, 2.05) is 24.0 Å². The number of carbonyl (C=O) groups is 2. The van der Waals surface area contributed by atoms with Crippen LogP contribution in [0.3, 0.4) is 0 Å². The van der Waals surface area contributed by atoms with Gasteiger partial charge in [-0.05, 0) is 72.9 Å². The average Bonchev–Trinajstić information content (AvgIpc) is 3.32. The van der Waals surface area contributed by atoms with Gasteiger partial charge in [-0.3, -0.25) is 4.79 Å². The number of hydrogen-bond donors (Lipinski definition) is 2. The number of carboxylic acid groups (broad SMARTS) is 1. The highest BCUT2D eigenvalue weighted by Crippen LogP contribution is 2.51. The van der Waals surface area contributed by atoms with Crippen LogP contribution < -0.4 is 5.32 Å². The third-order valence-electron chi connectivity index (χ3n) is 8.80. The van der Waals surface area contributed by atoms with Crippen LogP contribution in [-0.4, -0.2) is 58.0 Å². The van der Waals surface area contributed by atoms with Crippen LogP contribution in [0.15, 0.2) is 54.9 Å². The zero-order chi connectivity index (χ0) is 25.6. The molecule has 3 heterocycles. The molecule has 0 saturated carbocycles. The molecule has 0 bridgehead atoms. The Labute approximate surface area is 217 Å². The van der Waals surface area contributed by atoms with Crippen molar-refractivity contribution < 1.29 is 14.7 Å². The maximum atomic E-state index is 13.5. The van der Waals surface area contributed by atoms with Crippen molar-refractivity contribution in [1.82, 2.24) is 20.2 Å². The second-order valence-corrected chi connectivity index (χ2v) is 10.9. The smallest absolute Gasteiger partial charge is 0.335 e. The molecular weight excluding hydrogens is 464 g/mol. The van der Waals surface area contributed by atoms with Crippen molar-refractivity contribution in [2.75, 3.05) is 26.2 Å². The molecule has 2 fully saturated rings. The number of amides is 1. The minimum Gasteiger partial charge on any atom is -0.478 e. The number of aromatic nitrogens is 2. The highest BCUT2D eigenvalue weighted by atomic mass is 16.4. The molecule has 1 unspecified atom stereocenters. The zero-order valence-corrected chi connectivity index (χ0v) is 21.1. The summed E-state index contributed by atoms with van der Waals surface area (Å²) in [5, 5.41) is 13.2. The molecule has 2 aliphatic heterocycles. The molecule has 2 atom stereocenters. The maximum absolute atomic E-state index is 13.5. The van der Waals surface area contributed by atoms with Crippen LogP contribution in [0.25, 0.3) is 11.4 Å². The number of aryl methyl sites for hydroxylation is 2. The van der Waals surface area contributed by atoms with Gasteiger partial charge in [-0.1, -0.05) is 29.8 Å². The van der Waals surface area contributed by atoms with E-state index in [0.717, 1.165) is 62.4 Å². The second kappa shape index (κ2) is 9.38. The summed E-state index contributed by atoms with van der Waals surface area (Å²) in [6.45, 7) is 5.33. The topological polar surface area (TPSA) is 95.4 Å². The van der Waals surface area contributed by atoms with E-state index in [2.05, 4.69) is 33.5 Å². The van der Waals surface area contributed by atoms with Crippen LogP contribution in [-0.2, 0) is 17.6 Å². The van der Waals surface area contributed by atoms with Gasteiger partial charge in [0.15, 0.2) is 5.82 Å². The summed E-state index contributed by atoms with van der Waals surface area (Å²) in [5.74, 6) is 0.578. The molecule has 1 aromatic heterocycles. The van der Waals surface area contributed by atoms with E-state index >= 15 is 0 Å². The highest BCUT2D eigenvalue weighted by Gasteiger charge is 2.51. The molecule has 3 aliphatic rings. The first-order chi connectivity index (χ1) is 17.9. The molecule has 6 rings (SSSR count). The summed E-state index contributed by atoms with van der Waals surface area (Å²) in [5.41, 5.74) is 5.74. The minimum atomic E-state index is -0.981. The number of carboxylic acids is 1. The highest BCUT2D eigenvalue weighted by molar-refractivity contribution is 5.92. The number of aromatic carboxylic acids is 1. The Balaban J connectivity index is 1.24. The standard InChI is InChI=1S/C30H32N4O3/c1-19-3-4-21(25(13-19)29(36)37)15-27(35)34-12-9-30(17-31-18-30)26(16-34)24-8-5-20-14-22(6-7-23(20)24)28-32-10-2-11-33-28/h2-4,6-7,10-11,13-14,24,26,31H,5,8-9,12,15-18H2,1H3,(H,36,37)/t24-,26?/m0/s1. The molecule has 2 saturated heterocycles. The number of hydrogen-bond acceptors (Lipinski definition) is 5. The van der Waals surface area contributed by atoms with Crippen LogP contribution in [0.5, 0.6) is 0 Å². The van der Waals surface area contributed by atoms with E-state index in [1.165, 1.54) is 11.1 Å². The largest absolute Gasteiger partial charge is 0.478 e. The van der Waals surface area contributed by atoms with Gasteiger partial charge >= 0.3 is 5.97 Å². The third kappa shape index (κ3) is 4.31. The SMILES string of the molecule is Cc1ccc(CC(=O)N2CCC3(CNC3)C([C@H]3CCc4cc(-c5ncccn5)ccc43)C2)c(C(=O)O)c1. The van der Waals surface area contributed by atoms with Gasteiger partial charge in [-0.25, -0.2) is 14.8 Å². The van der Waals surface area contributed by atoms with Crippen molar-refractivity contribution in [3.63, 3.8) is 0 Å². The zero-order valence-electron chi connectivity index (χ0n) is 21.1. The molecule has 2 aromatic carbocycles. The molecule has 3 aromatic rings. The van der Waals surface area contributed by atoms with Gasteiger partial charge in [0, 0.05) is 49.6 Å². The lowest BCUT2D eigenvalue weighted by molar-refractivity contribution is -0.136. The lowest BCUT2D eigenvalue weighted by Crippen LogP contribution is -2.64. The van der Waals surface area contributed by atoms with Gasteiger partial charge in [-0.2, -0.15) is 0 Å². The molecule has 7 nitrogen and oxygen atoms in total. The van der Waals surface area contributed by atoms with Crippen LogP contribution >= 0.6 is 0 Å². The minimum absolute atomic E-state index is 0.0216. The maximum Gasteiger partial charge on any atom is 0.335 e. The Hall–Kier alpha value is -3.58. The van der Waals surface area contributed by atoms with Crippen LogP contribution in [0.2, 0.25) is 0 Å². The van der Waals surface area contributed by atoms with Crippen molar-refractivity contribution in [3.8, 4) is 11.4 Å². The molecule has 2 N–H and O–H groups in total. The predicted molar refractivity (Wildman–Crippen MR) is 140 cm³/mol. The number of nitrogens with zero attached hydrogens (tertiary/aromatic N) is 3. The Kier molecular flexibility index (Phi) is 6.03. The number of nitrogens with one attached hydrogen (secondary N) is 1. The summed E-state index contributed by atoms with van der Waals surface area (Å²) in [6, 6.07) is 13.8. The Morgan fingerprint density at radius 3 is 2.68 bits per heavy atom. The third-order valence-corrected chi connectivity index (χ3v) is 8.80. The van der Waals surface area contributed by atoms with Gasteiger partial charge < -0.3 is 15.3 Å². The fourth-order valence-corrected chi connectivity index (χ4v) is 6.70. The van der Waals surface area contributed by atoms with Crippen LogP contribution in [0, 0.1) is 18.3 Å². The second-order valence-electron chi connectivity index (χ2n) is 10.9. The van der Waals surface area contributed by atoms with Crippen molar-refractivity contribution >= 4 is 11.9 Å². The Morgan fingerprint density at radius 1 is 1.14 bits per heavy atom. The molecular formula is C30H32N4O3. The first-order valence-corrected chi connectivity index (χ1v) is 13.1. The molecule has 37 heavy (non-hydrogen) atoms. The van der Waals surface area contributed by atoms with Crippen molar-refractivity contribution in [2.45, 2.75) is 38.5 Å². The fourth-order valence-electron chi connectivity index (χ4n) is 6.70. The number of likely N-dealkylation sites (tertiary alicyclic amines) is 1. The normalized spacial score (nSPS) is 21.9. The van der Waals surface area contributed by atoms with E-state index in [1.54, 1.807) is 24.5 Å². The lowest BCUT2D eigenvalue weighted by atomic mass is 9.60. The van der Waals surface area contributed by atoms with Gasteiger partial charge in [-0.15, -0.1) is 0 Å². The van der Waals surface area contributed by atoms with E-state index in [4.69, 9.17) is 0 Å². The summed E-state index contributed by atoms with van der Waals surface area (Å²) in [7, 11) is 0. The summed E-state index contributed by atoms with van der Waals surface area (Å²) >= 11 is 0. The number of piperidine rings is 1. The molecule has 1 spiro atoms. The van der Waals surface area contributed by atoms with Crippen LogP contribution in [0.4, 0.5) is 0 Å². The molecule has 190 valence electrons. The van der Waals surface area contributed by atoms with Gasteiger partial charge in [0.2, 0.25) is 5.91 Å². The van der Waals surface area contributed by atoms with Gasteiger partial charge in [0.1, 0.15) is 0 Å². The predicted octanol–water partition coefficient (Wildman–Crippen LogP) is 3.86. The molecule has 1 amide bonds. The molecule has 7 heteroatoms. The summed E-state index contributed by atoms with van der Waals surface area (Å²) < 4.78 is 0. The average molecular weight is 497 g/mol. The summed E-state index contributed by atoms with van der Waals surface area (Å²) in [4.78, 5) is 36.1. The quantitative estimate of drug-likeness (QED) is 0.557. The van der Waals surface area contributed by atoms with Crippen molar-refractivity contribution in [2.24, 2.45) is 11.3 Å². The van der Waals surface area contributed by atoms with Gasteiger partial charge in [0.05, 0.1) is 12.0 Å². The van der Waals surface area contributed by atoms with Crippen LogP contribution in [0.1, 0.15) is 51.4 Å². The molecule has 0 radical (unpaired) electrons.